The quantitative estimate of drug-likeness (QED) is 0.446. The molecular formula is C23H23N3O4. The smallest absolute Gasteiger partial charge is 0.331 e. The first-order valence-corrected chi connectivity index (χ1v) is 9.33. The number of carbonyl (C=O) groups is 2. The first-order valence-electron chi connectivity index (χ1n) is 9.33. The summed E-state index contributed by atoms with van der Waals surface area (Å²) in [6, 6.07) is 17.2. The third-order valence-electron chi connectivity index (χ3n) is 4.36. The van der Waals surface area contributed by atoms with Gasteiger partial charge in [-0.1, -0.05) is 30.3 Å². The van der Waals surface area contributed by atoms with E-state index >= 15 is 0 Å². The molecule has 3 aromatic rings. The molecule has 1 aromatic heterocycles. The molecule has 154 valence electrons. The molecule has 3 rings (SSSR count). The van der Waals surface area contributed by atoms with Crippen LogP contribution in [0.4, 0.5) is 0 Å². The fraction of sp³-hybridized carbons (Fsp3) is 0.174. The average Bonchev–Trinajstić information content (AvgIpc) is 3.20. The number of amides is 1. The summed E-state index contributed by atoms with van der Waals surface area (Å²) in [7, 11) is 4.80. The molecular weight excluding hydrogens is 382 g/mol. The Hall–Kier alpha value is -3.87. The summed E-state index contributed by atoms with van der Waals surface area (Å²) in [4.78, 5) is 25.0. The van der Waals surface area contributed by atoms with Crippen LogP contribution in [0, 0.1) is 0 Å². The topological polar surface area (TPSA) is 73.7 Å². The van der Waals surface area contributed by atoms with Gasteiger partial charge in [0.1, 0.15) is 11.4 Å². The zero-order valence-electron chi connectivity index (χ0n) is 17.1. The maximum absolute atomic E-state index is 12.1. The van der Waals surface area contributed by atoms with Gasteiger partial charge in [-0.2, -0.15) is 5.10 Å². The SMILES string of the molecule is COc1ccccc1-c1nn(-c2ccccc2)cc1/C=C/C(=O)OCC(=O)N(C)C. The van der Waals surface area contributed by atoms with Gasteiger partial charge in [0.15, 0.2) is 6.61 Å². The minimum absolute atomic E-state index is 0.289. The molecule has 30 heavy (non-hydrogen) atoms. The predicted molar refractivity (Wildman–Crippen MR) is 114 cm³/mol. The molecule has 0 spiro atoms. The van der Waals surface area contributed by atoms with Gasteiger partial charge >= 0.3 is 5.97 Å². The standard InChI is InChI=1S/C23H23N3O4/c1-25(2)21(27)16-30-22(28)14-13-17-15-26(18-9-5-4-6-10-18)24-23(17)19-11-7-8-12-20(19)29-3/h4-15H,16H2,1-3H3/b14-13+. The molecule has 0 aliphatic carbocycles. The van der Waals surface area contributed by atoms with Gasteiger partial charge in [0.2, 0.25) is 0 Å². The predicted octanol–water partition coefficient (Wildman–Crippen LogP) is 3.19. The van der Waals surface area contributed by atoms with Crippen molar-refractivity contribution < 1.29 is 19.1 Å². The fourth-order valence-electron chi connectivity index (χ4n) is 2.74. The summed E-state index contributed by atoms with van der Waals surface area (Å²) in [6.07, 6.45) is 4.73. The first kappa shape index (κ1) is 20.9. The molecule has 0 unspecified atom stereocenters. The van der Waals surface area contributed by atoms with Crippen LogP contribution in [0.15, 0.2) is 66.9 Å². The van der Waals surface area contributed by atoms with E-state index in [4.69, 9.17) is 14.6 Å². The summed E-state index contributed by atoms with van der Waals surface area (Å²) in [5.74, 6) is -0.225. The van der Waals surface area contributed by atoms with Gasteiger partial charge in [-0.3, -0.25) is 4.79 Å². The van der Waals surface area contributed by atoms with Crippen molar-refractivity contribution in [3.05, 3.63) is 72.4 Å². The monoisotopic (exact) mass is 405 g/mol. The van der Waals surface area contributed by atoms with Crippen molar-refractivity contribution in [2.75, 3.05) is 27.8 Å². The van der Waals surface area contributed by atoms with Crippen molar-refractivity contribution in [1.82, 2.24) is 14.7 Å². The molecule has 7 nitrogen and oxygen atoms in total. The van der Waals surface area contributed by atoms with E-state index < -0.39 is 5.97 Å². The van der Waals surface area contributed by atoms with Crippen molar-refractivity contribution in [3.8, 4) is 22.7 Å². The number of methoxy groups -OCH3 is 1. The molecule has 0 saturated carbocycles. The second-order valence-corrected chi connectivity index (χ2v) is 6.64. The van der Waals surface area contributed by atoms with Gasteiger partial charge in [-0.15, -0.1) is 0 Å². The number of para-hydroxylation sites is 2. The van der Waals surface area contributed by atoms with Crippen LogP contribution in [-0.2, 0) is 14.3 Å². The van der Waals surface area contributed by atoms with Gasteiger partial charge in [0.05, 0.1) is 12.8 Å². The minimum atomic E-state index is -0.608. The molecule has 1 heterocycles. The van der Waals surface area contributed by atoms with E-state index in [0.29, 0.717) is 17.0 Å². The van der Waals surface area contributed by atoms with E-state index in [2.05, 4.69) is 0 Å². The van der Waals surface area contributed by atoms with Crippen LogP contribution in [0.25, 0.3) is 23.0 Å². The highest BCUT2D eigenvalue weighted by molar-refractivity contribution is 5.90. The van der Waals surface area contributed by atoms with Crippen LogP contribution in [0.2, 0.25) is 0 Å². The average molecular weight is 405 g/mol. The Morgan fingerprint density at radius 1 is 1.07 bits per heavy atom. The van der Waals surface area contributed by atoms with Gasteiger partial charge in [-0.25, -0.2) is 9.48 Å². The second kappa shape index (κ2) is 9.56. The summed E-state index contributed by atoms with van der Waals surface area (Å²) in [6.45, 7) is -0.307. The Bertz CT molecular complexity index is 1060. The first-order chi connectivity index (χ1) is 14.5. The van der Waals surface area contributed by atoms with Gasteiger partial charge in [0.25, 0.3) is 5.91 Å². The Morgan fingerprint density at radius 3 is 2.47 bits per heavy atom. The molecule has 0 aliphatic heterocycles. The molecule has 0 radical (unpaired) electrons. The molecule has 1 amide bonds. The van der Waals surface area contributed by atoms with Crippen molar-refractivity contribution in [3.63, 3.8) is 0 Å². The minimum Gasteiger partial charge on any atom is -0.496 e. The molecule has 0 atom stereocenters. The van der Waals surface area contributed by atoms with Crippen molar-refractivity contribution in [2.45, 2.75) is 0 Å². The van der Waals surface area contributed by atoms with Crippen LogP contribution in [0.5, 0.6) is 5.75 Å². The van der Waals surface area contributed by atoms with Crippen LogP contribution in [-0.4, -0.2) is 54.4 Å². The maximum Gasteiger partial charge on any atom is 0.331 e. The largest absolute Gasteiger partial charge is 0.496 e. The number of hydrogen-bond acceptors (Lipinski definition) is 5. The lowest BCUT2D eigenvalue weighted by molar-refractivity contribution is -0.146. The second-order valence-electron chi connectivity index (χ2n) is 6.64. The van der Waals surface area contributed by atoms with Crippen LogP contribution < -0.4 is 4.74 Å². The molecule has 2 aromatic carbocycles. The van der Waals surface area contributed by atoms with Gasteiger partial charge in [-0.05, 0) is 30.3 Å². The Kier molecular flexibility index (Phi) is 6.64. The van der Waals surface area contributed by atoms with Crippen LogP contribution in [0.1, 0.15) is 5.56 Å². The number of hydrogen-bond donors (Lipinski definition) is 0. The number of likely N-dealkylation sites (N-methyl/N-ethyl adjacent to an activating group) is 1. The maximum atomic E-state index is 12.1. The lowest BCUT2D eigenvalue weighted by atomic mass is 10.1. The number of esters is 1. The third-order valence-corrected chi connectivity index (χ3v) is 4.36. The Labute approximate surface area is 175 Å². The van der Waals surface area contributed by atoms with Crippen LogP contribution >= 0.6 is 0 Å². The van der Waals surface area contributed by atoms with E-state index in [1.165, 1.54) is 11.0 Å². The zero-order valence-corrected chi connectivity index (χ0v) is 17.1. The third kappa shape index (κ3) is 4.94. The summed E-state index contributed by atoms with van der Waals surface area (Å²) in [5.41, 5.74) is 3.04. The normalized spacial score (nSPS) is 10.8. The van der Waals surface area contributed by atoms with E-state index in [1.807, 2.05) is 60.8 Å². The van der Waals surface area contributed by atoms with Gasteiger partial charge < -0.3 is 14.4 Å². The number of nitrogens with zero attached hydrogens (tertiary/aromatic N) is 3. The summed E-state index contributed by atoms with van der Waals surface area (Å²) >= 11 is 0. The molecule has 0 aliphatic rings. The van der Waals surface area contributed by atoms with E-state index in [-0.39, 0.29) is 12.5 Å². The van der Waals surface area contributed by atoms with E-state index in [1.54, 1.807) is 32.0 Å². The van der Waals surface area contributed by atoms with E-state index in [9.17, 15) is 9.59 Å². The summed E-state index contributed by atoms with van der Waals surface area (Å²) < 4.78 is 12.2. The highest BCUT2D eigenvalue weighted by Gasteiger charge is 2.15. The molecule has 0 N–H and O–H groups in total. The van der Waals surface area contributed by atoms with Crippen molar-refractivity contribution in [1.29, 1.82) is 0 Å². The number of carbonyl (C=O) groups excluding carboxylic acids is 2. The van der Waals surface area contributed by atoms with Crippen molar-refractivity contribution in [2.24, 2.45) is 0 Å². The highest BCUT2D eigenvalue weighted by atomic mass is 16.5. The lowest BCUT2D eigenvalue weighted by Gasteiger charge is -2.09. The number of aromatic nitrogens is 2. The molecule has 0 saturated heterocycles. The van der Waals surface area contributed by atoms with Crippen LogP contribution in [0.3, 0.4) is 0 Å². The Balaban J connectivity index is 1.93. The van der Waals surface area contributed by atoms with Crippen molar-refractivity contribution >= 4 is 18.0 Å². The molecule has 0 fully saturated rings. The lowest BCUT2D eigenvalue weighted by Crippen LogP contribution is -2.27. The highest BCUT2D eigenvalue weighted by Crippen LogP contribution is 2.32. The number of ether oxygens (including phenoxy) is 2. The van der Waals surface area contributed by atoms with Gasteiger partial charge in [0, 0.05) is 37.5 Å². The van der Waals surface area contributed by atoms with E-state index in [0.717, 1.165) is 11.3 Å². The fourth-order valence-corrected chi connectivity index (χ4v) is 2.74. The Morgan fingerprint density at radius 2 is 1.77 bits per heavy atom. The summed E-state index contributed by atoms with van der Waals surface area (Å²) in [5, 5.41) is 4.71. The zero-order chi connectivity index (χ0) is 21.5. The molecule has 7 heteroatoms. The number of benzene rings is 2. The number of rotatable bonds is 7. The molecule has 0 bridgehead atoms.